The Kier molecular flexibility index (Phi) is 6.45. The van der Waals surface area contributed by atoms with Crippen LogP contribution in [-0.2, 0) is 11.0 Å². The van der Waals surface area contributed by atoms with Crippen molar-refractivity contribution in [2.75, 3.05) is 5.32 Å². The average Bonchev–Trinajstić information content (AvgIpc) is 3.13. The summed E-state index contributed by atoms with van der Waals surface area (Å²) in [6.07, 6.45) is -5.05. The molecule has 0 spiro atoms. The molecule has 3 aromatic rings. The fourth-order valence-electron chi connectivity index (χ4n) is 2.85. The van der Waals surface area contributed by atoms with Crippen LogP contribution in [0.25, 0.3) is 10.4 Å². The number of Topliss-reactive ketones (excluding diaryl/α,β-unsaturated/α-hetero) is 1. The van der Waals surface area contributed by atoms with Crippen LogP contribution in [0.5, 0.6) is 0 Å². The quantitative estimate of drug-likeness (QED) is 0.339. The molecule has 10 heteroatoms. The van der Waals surface area contributed by atoms with Crippen LogP contribution >= 0.6 is 11.3 Å². The van der Waals surface area contributed by atoms with Crippen LogP contribution < -0.4 is 5.32 Å². The molecule has 0 atom stereocenters. The first-order valence-corrected chi connectivity index (χ1v) is 10.1. The lowest BCUT2D eigenvalue weighted by molar-refractivity contribution is -0.140. The molecule has 1 N–H and O–H groups in total. The molecule has 0 aliphatic carbocycles. The Labute approximate surface area is 184 Å². The van der Waals surface area contributed by atoms with E-state index in [2.05, 4.69) is 10.3 Å². The highest BCUT2D eigenvalue weighted by atomic mass is 32.1. The number of nitrogens with zero attached hydrogens (tertiary/aromatic N) is 1. The molecule has 0 bridgehead atoms. The maximum absolute atomic E-state index is 13.5. The lowest BCUT2D eigenvalue weighted by Crippen LogP contribution is -2.33. The number of hydrogen-bond acceptors (Lipinski definition) is 4. The molecule has 0 saturated carbocycles. The number of ketones is 1. The molecule has 32 heavy (non-hydrogen) atoms. The number of halogens is 5. The number of carbonyl (C=O) groups excluding carboxylic acids is 2. The SMILES string of the molecule is CC(C)(CC(=O)c1ccc(F)cc1)C(=O)Nc1nc(C(F)(F)F)c(-c2ccc(F)cc2)s1. The Morgan fingerprint density at radius 1 is 0.938 bits per heavy atom. The van der Waals surface area contributed by atoms with E-state index in [-0.39, 0.29) is 27.6 Å². The van der Waals surface area contributed by atoms with E-state index in [1.54, 1.807) is 0 Å². The summed E-state index contributed by atoms with van der Waals surface area (Å²) < 4.78 is 66.6. The van der Waals surface area contributed by atoms with E-state index in [0.29, 0.717) is 11.3 Å². The molecular formula is C22H17F5N2O2S. The van der Waals surface area contributed by atoms with Gasteiger partial charge in [-0.05, 0) is 42.0 Å². The van der Waals surface area contributed by atoms with Crippen LogP contribution in [0.2, 0.25) is 0 Å². The van der Waals surface area contributed by atoms with Crippen molar-refractivity contribution in [2.24, 2.45) is 5.41 Å². The molecular weight excluding hydrogens is 451 g/mol. The Bertz CT molecular complexity index is 1140. The number of rotatable bonds is 6. The van der Waals surface area contributed by atoms with E-state index in [1.807, 2.05) is 0 Å². The van der Waals surface area contributed by atoms with Crippen LogP contribution in [-0.4, -0.2) is 16.7 Å². The second-order valence-corrected chi connectivity index (χ2v) is 8.65. The van der Waals surface area contributed by atoms with E-state index < -0.39 is 40.6 Å². The van der Waals surface area contributed by atoms with Gasteiger partial charge in [0.25, 0.3) is 0 Å². The Morgan fingerprint density at radius 3 is 2.00 bits per heavy atom. The number of hydrogen-bond donors (Lipinski definition) is 1. The van der Waals surface area contributed by atoms with Gasteiger partial charge in [0.1, 0.15) is 11.6 Å². The average molecular weight is 468 g/mol. The lowest BCUT2D eigenvalue weighted by atomic mass is 9.84. The van der Waals surface area contributed by atoms with Gasteiger partial charge in [0.2, 0.25) is 5.91 Å². The van der Waals surface area contributed by atoms with Crippen molar-refractivity contribution in [3.8, 4) is 10.4 Å². The van der Waals surface area contributed by atoms with E-state index in [9.17, 15) is 31.5 Å². The molecule has 2 aromatic carbocycles. The first kappa shape index (κ1) is 23.5. The molecule has 0 saturated heterocycles. The van der Waals surface area contributed by atoms with Gasteiger partial charge < -0.3 is 5.32 Å². The van der Waals surface area contributed by atoms with Crippen molar-refractivity contribution in [3.05, 3.63) is 71.4 Å². The predicted octanol–water partition coefficient (Wildman–Crippen LogP) is 6.34. The van der Waals surface area contributed by atoms with Crippen molar-refractivity contribution in [3.63, 3.8) is 0 Å². The molecule has 1 heterocycles. The third-order valence-electron chi connectivity index (χ3n) is 4.61. The zero-order valence-corrected chi connectivity index (χ0v) is 17.7. The molecule has 0 unspecified atom stereocenters. The summed E-state index contributed by atoms with van der Waals surface area (Å²) in [6.45, 7) is 2.92. The van der Waals surface area contributed by atoms with Gasteiger partial charge in [-0.2, -0.15) is 13.2 Å². The lowest BCUT2D eigenvalue weighted by Gasteiger charge is -2.22. The zero-order valence-electron chi connectivity index (χ0n) is 16.9. The number of carbonyl (C=O) groups is 2. The largest absolute Gasteiger partial charge is 0.434 e. The second-order valence-electron chi connectivity index (χ2n) is 7.65. The highest BCUT2D eigenvalue weighted by Gasteiger charge is 2.39. The van der Waals surface area contributed by atoms with Crippen LogP contribution in [0.3, 0.4) is 0 Å². The minimum Gasteiger partial charge on any atom is -0.301 e. The number of nitrogens with one attached hydrogen (secondary N) is 1. The fourth-order valence-corrected chi connectivity index (χ4v) is 3.83. The molecule has 0 aliphatic rings. The van der Waals surface area contributed by atoms with E-state index in [0.717, 1.165) is 24.3 Å². The van der Waals surface area contributed by atoms with Crippen molar-refractivity contribution in [1.29, 1.82) is 0 Å². The summed E-state index contributed by atoms with van der Waals surface area (Å²) in [5, 5.41) is 2.04. The van der Waals surface area contributed by atoms with Gasteiger partial charge >= 0.3 is 6.18 Å². The minimum atomic E-state index is -4.79. The van der Waals surface area contributed by atoms with Crippen LogP contribution in [0, 0.1) is 17.0 Å². The summed E-state index contributed by atoms with van der Waals surface area (Å²) in [6, 6.07) is 9.24. The monoisotopic (exact) mass is 468 g/mol. The van der Waals surface area contributed by atoms with Crippen molar-refractivity contribution in [1.82, 2.24) is 4.98 Å². The van der Waals surface area contributed by atoms with Gasteiger partial charge in [0.15, 0.2) is 16.6 Å². The smallest absolute Gasteiger partial charge is 0.301 e. The van der Waals surface area contributed by atoms with Crippen LogP contribution in [0.4, 0.5) is 27.1 Å². The minimum absolute atomic E-state index is 0.0995. The molecule has 1 aromatic heterocycles. The van der Waals surface area contributed by atoms with Crippen LogP contribution in [0.15, 0.2) is 48.5 Å². The molecule has 0 aliphatic heterocycles. The molecule has 1 amide bonds. The van der Waals surface area contributed by atoms with Crippen molar-refractivity contribution < 1.29 is 31.5 Å². The number of benzene rings is 2. The number of alkyl halides is 3. The highest BCUT2D eigenvalue weighted by molar-refractivity contribution is 7.19. The Balaban J connectivity index is 1.82. The van der Waals surface area contributed by atoms with Crippen LogP contribution in [0.1, 0.15) is 36.3 Å². The van der Waals surface area contributed by atoms with Gasteiger partial charge in [-0.3, -0.25) is 9.59 Å². The number of anilines is 1. The number of amides is 1. The van der Waals surface area contributed by atoms with Crippen molar-refractivity contribution >= 4 is 28.2 Å². The third kappa shape index (κ3) is 5.37. The van der Waals surface area contributed by atoms with Crippen molar-refractivity contribution in [2.45, 2.75) is 26.4 Å². The first-order chi connectivity index (χ1) is 14.9. The number of aromatic nitrogens is 1. The molecule has 168 valence electrons. The van der Waals surface area contributed by atoms with E-state index in [4.69, 9.17) is 0 Å². The summed E-state index contributed by atoms with van der Waals surface area (Å²) in [7, 11) is 0. The van der Waals surface area contributed by atoms with E-state index >= 15 is 0 Å². The van der Waals surface area contributed by atoms with Gasteiger partial charge in [0, 0.05) is 12.0 Å². The summed E-state index contributed by atoms with van der Waals surface area (Å²) in [5.74, 6) is -2.25. The second kappa shape index (κ2) is 8.78. The maximum atomic E-state index is 13.5. The molecule has 3 rings (SSSR count). The first-order valence-electron chi connectivity index (χ1n) is 9.31. The molecule has 4 nitrogen and oxygen atoms in total. The summed E-state index contributed by atoms with van der Waals surface area (Å²) in [4.78, 5) is 28.4. The molecule has 0 fully saturated rings. The highest BCUT2D eigenvalue weighted by Crippen LogP contribution is 2.42. The standard InChI is InChI=1S/C22H17F5N2O2S/c1-21(2,11-16(30)12-3-7-14(23)8-4-12)19(31)29-20-28-18(22(25,26)27)17(32-20)13-5-9-15(24)10-6-13/h3-10H,11H2,1-2H3,(H,28,29,31). The zero-order chi connectivity index (χ0) is 23.7. The van der Waals surface area contributed by atoms with E-state index in [1.165, 1.54) is 38.1 Å². The third-order valence-corrected chi connectivity index (χ3v) is 5.63. The fraction of sp³-hybridized carbons (Fsp3) is 0.227. The van der Waals surface area contributed by atoms with Gasteiger partial charge in [-0.1, -0.05) is 37.3 Å². The number of thiazole rings is 1. The maximum Gasteiger partial charge on any atom is 0.434 e. The predicted molar refractivity (Wildman–Crippen MR) is 110 cm³/mol. The normalized spacial score (nSPS) is 12.0. The van der Waals surface area contributed by atoms with Gasteiger partial charge in [-0.15, -0.1) is 0 Å². The Hall–Kier alpha value is -3.14. The Morgan fingerprint density at radius 2 is 1.47 bits per heavy atom. The molecule has 0 radical (unpaired) electrons. The van der Waals surface area contributed by atoms with Gasteiger partial charge in [-0.25, -0.2) is 13.8 Å². The van der Waals surface area contributed by atoms with Gasteiger partial charge in [0.05, 0.1) is 10.3 Å². The summed E-state index contributed by atoms with van der Waals surface area (Å²) in [5.41, 5.74) is -2.18. The topological polar surface area (TPSA) is 59.1 Å². The summed E-state index contributed by atoms with van der Waals surface area (Å²) >= 11 is 0.595.